The molecule has 2 atom stereocenters. The zero-order valence-electron chi connectivity index (χ0n) is 21.6. The van der Waals surface area contributed by atoms with E-state index in [-0.39, 0.29) is 34.5 Å². The summed E-state index contributed by atoms with van der Waals surface area (Å²) in [6, 6.07) is 4.06. The molecule has 1 N–H and O–H groups in total. The number of amides is 2. The fourth-order valence-electron chi connectivity index (χ4n) is 6.72. The lowest BCUT2D eigenvalue weighted by atomic mass is 9.81. The van der Waals surface area contributed by atoms with E-state index in [0.717, 1.165) is 36.7 Å². The molecule has 0 radical (unpaired) electrons. The second-order valence-electron chi connectivity index (χ2n) is 11.4. The van der Waals surface area contributed by atoms with Crippen LogP contribution in [0.15, 0.2) is 18.2 Å². The Kier molecular flexibility index (Phi) is 8.63. The molecule has 1 saturated heterocycles. The van der Waals surface area contributed by atoms with Gasteiger partial charge in [0, 0.05) is 44.2 Å². The highest BCUT2D eigenvalue weighted by molar-refractivity contribution is 6.30. The average molecular weight is 544 g/mol. The number of piperazine rings is 1. The number of hydrogen-bond donors (Lipinski definition) is 1. The summed E-state index contributed by atoms with van der Waals surface area (Å²) in [6.45, 7) is 6.98. The number of alkyl halides is 3. The standard InChI is InChI=1S/C27H37ClF3N3O3/c1-3-18-8-20-13-26(2,14-21(20)9-18)15-24(35)32-16-25(36)34-6-4-33(5-7-34)17-19-10-22(28)12-23(11-19)37-27(29,30)31/h10-12,18,20-21H,3-9,13-17H2,1-2H3,(H,32,35). The molecule has 1 aromatic carbocycles. The zero-order valence-corrected chi connectivity index (χ0v) is 22.3. The second-order valence-corrected chi connectivity index (χ2v) is 11.9. The Morgan fingerprint density at radius 3 is 2.35 bits per heavy atom. The molecule has 2 amide bonds. The summed E-state index contributed by atoms with van der Waals surface area (Å²) in [4.78, 5) is 29.1. The minimum Gasteiger partial charge on any atom is -0.406 e. The number of carbonyl (C=O) groups is 2. The first-order chi connectivity index (χ1) is 17.4. The lowest BCUT2D eigenvalue weighted by Gasteiger charge is -2.35. The summed E-state index contributed by atoms with van der Waals surface area (Å²) in [7, 11) is 0. The number of rotatable bonds is 8. The van der Waals surface area contributed by atoms with Gasteiger partial charge in [0.25, 0.3) is 0 Å². The molecule has 2 aliphatic carbocycles. The number of halogens is 4. The van der Waals surface area contributed by atoms with Crippen molar-refractivity contribution in [2.24, 2.45) is 23.2 Å². The van der Waals surface area contributed by atoms with Crippen molar-refractivity contribution < 1.29 is 27.5 Å². The maximum atomic E-state index is 12.7. The first-order valence-corrected chi connectivity index (χ1v) is 13.6. The summed E-state index contributed by atoms with van der Waals surface area (Å²) in [5.74, 6) is 1.82. The molecule has 0 aromatic heterocycles. The van der Waals surface area contributed by atoms with Crippen molar-refractivity contribution in [1.82, 2.24) is 15.1 Å². The number of carbonyl (C=O) groups excluding carboxylic acids is 2. The monoisotopic (exact) mass is 543 g/mol. The van der Waals surface area contributed by atoms with Crippen LogP contribution in [0.4, 0.5) is 13.2 Å². The van der Waals surface area contributed by atoms with Crippen LogP contribution in [0.5, 0.6) is 5.75 Å². The molecule has 37 heavy (non-hydrogen) atoms. The van der Waals surface area contributed by atoms with Gasteiger partial charge in [0.2, 0.25) is 11.8 Å². The molecule has 10 heteroatoms. The van der Waals surface area contributed by atoms with Crippen molar-refractivity contribution in [1.29, 1.82) is 0 Å². The van der Waals surface area contributed by atoms with Crippen LogP contribution in [-0.4, -0.2) is 60.7 Å². The number of nitrogens with one attached hydrogen (secondary N) is 1. The Labute approximate surface area is 221 Å². The highest BCUT2D eigenvalue weighted by atomic mass is 35.5. The number of fused-ring (bicyclic) bond motifs is 1. The SMILES string of the molecule is CCC1CC2CC(C)(CC(=O)NCC(=O)N3CCN(Cc4cc(Cl)cc(OC(F)(F)F)c4)CC3)CC2C1. The smallest absolute Gasteiger partial charge is 0.406 e. The predicted octanol–water partition coefficient (Wildman–Crippen LogP) is 5.24. The van der Waals surface area contributed by atoms with Gasteiger partial charge in [-0.2, -0.15) is 0 Å². The van der Waals surface area contributed by atoms with Crippen LogP contribution < -0.4 is 10.1 Å². The number of benzene rings is 1. The zero-order chi connectivity index (χ0) is 26.8. The summed E-state index contributed by atoms with van der Waals surface area (Å²) >= 11 is 5.97. The van der Waals surface area contributed by atoms with Gasteiger partial charge >= 0.3 is 6.36 Å². The summed E-state index contributed by atoms with van der Waals surface area (Å²) in [5, 5.41) is 3.00. The molecular weight excluding hydrogens is 507 g/mol. The van der Waals surface area contributed by atoms with E-state index in [1.807, 2.05) is 4.90 Å². The van der Waals surface area contributed by atoms with E-state index in [1.54, 1.807) is 11.0 Å². The first kappa shape index (κ1) is 28.0. The van der Waals surface area contributed by atoms with Crippen molar-refractivity contribution in [2.45, 2.75) is 65.3 Å². The van der Waals surface area contributed by atoms with E-state index in [4.69, 9.17) is 11.6 Å². The van der Waals surface area contributed by atoms with Gasteiger partial charge in [-0.3, -0.25) is 14.5 Å². The normalized spacial score (nSPS) is 28.3. The fourth-order valence-corrected chi connectivity index (χ4v) is 6.97. The maximum Gasteiger partial charge on any atom is 0.573 e. The minimum atomic E-state index is -4.78. The van der Waals surface area contributed by atoms with Crippen LogP contribution in [0.1, 0.15) is 57.9 Å². The quantitative estimate of drug-likeness (QED) is 0.487. The molecule has 2 unspecified atom stereocenters. The van der Waals surface area contributed by atoms with E-state index in [9.17, 15) is 22.8 Å². The molecular formula is C27H37ClF3N3O3. The first-order valence-electron chi connectivity index (χ1n) is 13.2. The Bertz CT molecular complexity index is 967. The van der Waals surface area contributed by atoms with E-state index in [1.165, 1.54) is 25.3 Å². The molecule has 3 fully saturated rings. The van der Waals surface area contributed by atoms with Crippen LogP contribution in [0.2, 0.25) is 5.02 Å². The van der Waals surface area contributed by atoms with Gasteiger partial charge in [-0.25, -0.2) is 0 Å². The van der Waals surface area contributed by atoms with Crippen LogP contribution in [-0.2, 0) is 16.1 Å². The van der Waals surface area contributed by atoms with E-state index >= 15 is 0 Å². The van der Waals surface area contributed by atoms with Gasteiger partial charge in [0.1, 0.15) is 5.75 Å². The number of hydrogen-bond acceptors (Lipinski definition) is 4. The predicted molar refractivity (Wildman–Crippen MR) is 135 cm³/mol. The lowest BCUT2D eigenvalue weighted by molar-refractivity contribution is -0.274. The largest absolute Gasteiger partial charge is 0.573 e. The van der Waals surface area contributed by atoms with Gasteiger partial charge in [-0.15, -0.1) is 13.2 Å². The van der Waals surface area contributed by atoms with Gasteiger partial charge < -0.3 is 15.0 Å². The second kappa shape index (κ2) is 11.4. The lowest BCUT2D eigenvalue weighted by Crippen LogP contribution is -2.51. The van der Waals surface area contributed by atoms with E-state index in [0.29, 0.717) is 44.7 Å². The van der Waals surface area contributed by atoms with E-state index < -0.39 is 6.36 Å². The van der Waals surface area contributed by atoms with Crippen LogP contribution in [0.25, 0.3) is 0 Å². The molecule has 0 bridgehead atoms. The molecule has 3 aliphatic rings. The molecule has 1 aliphatic heterocycles. The molecule has 1 aromatic rings. The highest BCUT2D eigenvalue weighted by Crippen LogP contribution is 2.56. The average Bonchev–Trinajstić information content (AvgIpc) is 3.30. The van der Waals surface area contributed by atoms with Gasteiger partial charge in [-0.05, 0) is 72.6 Å². The Morgan fingerprint density at radius 1 is 1.11 bits per heavy atom. The maximum absolute atomic E-state index is 12.7. The van der Waals surface area contributed by atoms with Gasteiger partial charge in [-0.1, -0.05) is 31.9 Å². The Hall–Kier alpha value is -2.00. The van der Waals surface area contributed by atoms with Crippen LogP contribution >= 0.6 is 11.6 Å². The third-order valence-electron chi connectivity index (χ3n) is 8.35. The van der Waals surface area contributed by atoms with Gasteiger partial charge in [0.15, 0.2) is 0 Å². The summed E-state index contributed by atoms with van der Waals surface area (Å²) in [6.07, 6.45) is 1.74. The summed E-state index contributed by atoms with van der Waals surface area (Å²) < 4.78 is 41.6. The third kappa shape index (κ3) is 7.76. The van der Waals surface area contributed by atoms with Crippen molar-refractivity contribution >= 4 is 23.4 Å². The molecule has 2 saturated carbocycles. The molecule has 206 valence electrons. The van der Waals surface area contributed by atoms with E-state index in [2.05, 4.69) is 23.9 Å². The van der Waals surface area contributed by atoms with Crippen LogP contribution in [0, 0.1) is 23.2 Å². The van der Waals surface area contributed by atoms with Crippen molar-refractivity contribution in [2.75, 3.05) is 32.7 Å². The van der Waals surface area contributed by atoms with Crippen LogP contribution in [0.3, 0.4) is 0 Å². The number of ether oxygens (including phenoxy) is 1. The fraction of sp³-hybridized carbons (Fsp3) is 0.704. The topological polar surface area (TPSA) is 61.9 Å². The Morgan fingerprint density at radius 2 is 1.76 bits per heavy atom. The molecule has 6 nitrogen and oxygen atoms in total. The minimum absolute atomic E-state index is 0.00782. The molecule has 1 heterocycles. The Balaban J connectivity index is 1.18. The summed E-state index contributed by atoms with van der Waals surface area (Å²) in [5.41, 5.74) is 0.631. The third-order valence-corrected chi connectivity index (χ3v) is 8.56. The van der Waals surface area contributed by atoms with Crippen molar-refractivity contribution in [3.8, 4) is 5.75 Å². The van der Waals surface area contributed by atoms with Gasteiger partial charge in [0.05, 0.1) is 6.54 Å². The highest BCUT2D eigenvalue weighted by Gasteiger charge is 2.47. The molecule has 4 rings (SSSR count). The molecule has 0 spiro atoms. The number of nitrogens with zero attached hydrogens (tertiary/aromatic N) is 2. The van der Waals surface area contributed by atoms with Crippen molar-refractivity contribution in [3.05, 3.63) is 28.8 Å². The van der Waals surface area contributed by atoms with Crippen molar-refractivity contribution in [3.63, 3.8) is 0 Å².